The zero-order valence-electron chi connectivity index (χ0n) is 9.97. The maximum Gasteiger partial charge on any atom is 0.126 e. The summed E-state index contributed by atoms with van der Waals surface area (Å²) >= 11 is 1.60. The fourth-order valence-electron chi connectivity index (χ4n) is 1.87. The van der Waals surface area contributed by atoms with Crippen molar-refractivity contribution in [3.8, 4) is 11.5 Å². The molecule has 1 heterocycles. The van der Waals surface area contributed by atoms with E-state index in [1.165, 1.54) is 12.1 Å². The molecule has 0 spiro atoms. The quantitative estimate of drug-likeness (QED) is 0.770. The Labute approximate surface area is 113 Å². The van der Waals surface area contributed by atoms with E-state index in [2.05, 4.69) is 0 Å². The Hall–Kier alpha value is -2.07. The van der Waals surface area contributed by atoms with Gasteiger partial charge >= 0.3 is 0 Å². The number of thiophene rings is 1. The molecule has 2 nitrogen and oxygen atoms in total. The minimum Gasteiger partial charge on any atom is -0.508 e. The zero-order valence-corrected chi connectivity index (χ0v) is 10.8. The first kappa shape index (κ1) is 12.0. The van der Waals surface area contributed by atoms with Gasteiger partial charge in [-0.15, -0.1) is 11.3 Å². The lowest BCUT2D eigenvalue weighted by molar-refractivity contribution is 0.308. The molecule has 0 amide bonds. The predicted octanol–water partition coefficient (Wildman–Crippen LogP) is 4.33. The average molecular weight is 274 g/mol. The summed E-state index contributed by atoms with van der Waals surface area (Å²) in [6.07, 6.45) is 0. The first-order chi connectivity index (χ1) is 9.20. The van der Waals surface area contributed by atoms with Crippen LogP contribution in [0.3, 0.4) is 0 Å². The number of aromatic hydroxyl groups is 1. The molecule has 1 aromatic heterocycles. The van der Waals surface area contributed by atoms with Crippen LogP contribution >= 0.6 is 11.3 Å². The molecule has 3 rings (SSSR count). The molecule has 0 unspecified atom stereocenters. The Kier molecular flexibility index (Phi) is 3.09. The van der Waals surface area contributed by atoms with Gasteiger partial charge in [-0.2, -0.15) is 0 Å². The van der Waals surface area contributed by atoms with Crippen LogP contribution in [0.1, 0.15) is 4.88 Å². The molecule has 0 saturated carbocycles. The summed E-state index contributed by atoms with van der Waals surface area (Å²) in [5.41, 5.74) is 0. The van der Waals surface area contributed by atoms with Crippen molar-refractivity contribution in [2.75, 3.05) is 0 Å². The Balaban J connectivity index is 1.78. The SMILES string of the molecule is Oc1ccc2sc(COc3cccc(F)c3)cc2c1. The molecule has 0 atom stereocenters. The standard InChI is InChI=1S/C15H11FO2S/c16-11-2-1-3-13(8-11)18-9-14-7-10-6-12(17)4-5-15(10)19-14/h1-8,17H,9H2. The van der Waals surface area contributed by atoms with E-state index in [1.807, 2.05) is 12.1 Å². The monoisotopic (exact) mass is 274 g/mol. The third-order valence-electron chi connectivity index (χ3n) is 2.73. The van der Waals surface area contributed by atoms with Gasteiger partial charge in [-0.25, -0.2) is 4.39 Å². The molecule has 2 aromatic carbocycles. The number of hydrogen-bond acceptors (Lipinski definition) is 3. The summed E-state index contributed by atoms with van der Waals surface area (Å²) in [6, 6.07) is 13.3. The molecule has 19 heavy (non-hydrogen) atoms. The van der Waals surface area contributed by atoms with Crippen molar-refractivity contribution >= 4 is 21.4 Å². The first-order valence-electron chi connectivity index (χ1n) is 5.80. The predicted molar refractivity (Wildman–Crippen MR) is 74.2 cm³/mol. The summed E-state index contributed by atoms with van der Waals surface area (Å²) in [5.74, 6) is 0.460. The Morgan fingerprint density at radius 3 is 2.84 bits per heavy atom. The van der Waals surface area contributed by atoms with Crippen molar-refractivity contribution in [3.63, 3.8) is 0 Å². The molecule has 4 heteroatoms. The average Bonchev–Trinajstić information content (AvgIpc) is 2.78. The number of halogens is 1. The third kappa shape index (κ3) is 2.69. The van der Waals surface area contributed by atoms with Crippen LogP contribution in [0.15, 0.2) is 48.5 Å². The van der Waals surface area contributed by atoms with Crippen molar-refractivity contribution in [3.05, 3.63) is 59.2 Å². The molecule has 3 aromatic rings. The normalized spacial score (nSPS) is 10.8. The van der Waals surface area contributed by atoms with Gasteiger partial charge < -0.3 is 9.84 Å². The number of phenols is 1. The lowest BCUT2D eigenvalue weighted by atomic mass is 10.2. The van der Waals surface area contributed by atoms with Gasteiger partial charge in [-0.05, 0) is 41.8 Å². The van der Waals surface area contributed by atoms with Gasteiger partial charge in [0, 0.05) is 15.6 Å². The molecule has 0 fully saturated rings. The van der Waals surface area contributed by atoms with Gasteiger partial charge in [-0.3, -0.25) is 0 Å². The van der Waals surface area contributed by atoms with E-state index in [0.717, 1.165) is 15.0 Å². The summed E-state index contributed by atoms with van der Waals surface area (Å²) < 4.78 is 19.6. The maximum absolute atomic E-state index is 13.0. The summed E-state index contributed by atoms with van der Waals surface area (Å²) in [5, 5.41) is 10.4. The summed E-state index contributed by atoms with van der Waals surface area (Å²) in [7, 11) is 0. The molecule has 0 saturated heterocycles. The second-order valence-corrected chi connectivity index (χ2v) is 5.35. The van der Waals surface area contributed by atoms with Crippen molar-refractivity contribution in [1.29, 1.82) is 0 Å². The lowest BCUT2D eigenvalue weighted by Crippen LogP contribution is -1.92. The molecule has 1 N–H and O–H groups in total. The van der Waals surface area contributed by atoms with Gasteiger partial charge in [0.15, 0.2) is 0 Å². The van der Waals surface area contributed by atoms with Crippen LogP contribution in [0.5, 0.6) is 11.5 Å². The van der Waals surface area contributed by atoms with E-state index >= 15 is 0 Å². The van der Waals surface area contributed by atoms with Crippen LogP contribution in [0.2, 0.25) is 0 Å². The first-order valence-corrected chi connectivity index (χ1v) is 6.62. The molecule has 0 bridgehead atoms. The van der Waals surface area contributed by atoms with Crippen LogP contribution in [-0.2, 0) is 6.61 Å². The lowest BCUT2D eigenvalue weighted by Gasteiger charge is -2.03. The van der Waals surface area contributed by atoms with E-state index in [9.17, 15) is 9.50 Å². The van der Waals surface area contributed by atoms with E-state index in [-0.39, 0.29) is 11.6 Å². The molecule has 0 aliphatic rings. The Morgan fingerprint density at radius 2 is 2.00 bits per heavy atom. The van der Waals surface area contributed by atoms with Crippen LogP contribution in [0, 0.1) is 5.82 Å². The van der Waals surface area contributed by atoms with E-state index in [4.69, 9.17) is 4.74 Å². The highest BCUT2D eigenvalue weighted by Gasteiger charge is 2.04. The van der Waals surface area contributed by atoms with Crippen LogP contribution < -0.4 is 4.74 Å². The fraction of sp³-hybridized carbons (Fsp3) is 0.0667. The van der Waals surface area contributed by atoms with Gasteiger partial charge in [-0.1, -0.05) is 6.07 Å². The molecule has 0 aliphatic heterocycles. The summed E-state index contributed by atoms with van der Waals surface area (Å²) in [4.78, 5) is 1.03. The number of hydrogen-bond donors (Lipinski definition) is 1. The van der Waals surface area contributed by atoms with E-state index < -0.39 is 0 Å². The van der Waals surface area contributed by atoms with E-state index in [1.54, 1.807) is 35.6 Å². The van der Waals surface area contributed by atoms with Crippen molar-refractivity contribution < 1.29 is 14.2 Å². The van der Waals surface area contributed by atoms with Gasteiger partial charge in [0.2, 0.25) is 0 Å². The van der Waals surface area contributed by atoms with E-state index in [0.29, 0.717) is 12.4 Å². The molecular weight excluding hydrogens is 263 g/mol. The minimum absolute atomic E-state index is 0.253. The fourth-order valence-corrected chi connectivity index (χ4v) is 2.83. The second kappa shape index (κ2) is 4.90. The number of fused-ring (bicyclic) bond motifs is 1. The van der Waals surface area contributed by atoms with Crippen LogP contribution in [0.4, 0.5) is 4.39 Å². The molecule has 96 valence electrons. The molecular formula is C15H11FO2S. The van der Waals surface area contributed by atoms with Gasteiger partial charge in [0.1, 0.15) is 23.9 Å². The largest absolute Gasteiger partial charge is 0.508 e. The number of ether oxygens (including phenoxy) is 1. The number of benzene rings is 2. The highest BCUT2D eigenvalue weighted by atomic mass is 32.1. The van der Waals surface area contributed by atoms with Crippen molar-refractivity contribution in [2.24, 2.45) is 0 Å². The summed E-state index contributed by atoms with van der Waals surface area (Å²) in [6.45, 7) is 0.392. The highest BCUT2D eigenvalue weighted by Crippen LogP contribution is 2.29. The topological polar surface area (TPSA) is 29.5 Å². The van der Waals surface area contributed by atoms with Crippen LogP contribution in [-0.4, -0.2) is 5.11 Å². The number of rotatable bonds is 3. The highest BCUT2D eigenvalue weighted by molar-refractivity contribution is 7.19. The van der Waals surface area contributed by atoms with Gasteiger partial charge in [0.25, 0.3) is 0 Å². The molecule has 0 radical (unpaired) electrons. The van der Waals surface area contributed by atoms with Crippen molar-refractivity contribution in [1.82, 2.24) is 0 Å². The second-order valence-electron chi connectivity index (χ2n) is 4.18. The Bertz CT molecular complexity index is 721. The Morgan fingerprint density at radius 1 is 1.11 bits per heavy atom. The molecule has 0 aliphatic carbocycles. The number of phenolic OH excluding ortho intramolecular Hbond substituents is 1. The maximum atomic E-state index is 13.0. The smallest absolute Gasteiger partial charge is 0.126 e. The van der Waals surface area contributed by atoms with Crippen molar-refractivity contribution in [2.45, 2.75) is 6.61 Å². The third-order valence-corrected chi connectivity index (χ3v) is 3.82. The van der Waals surface area contributed by atoms with Crippen LogP contribution in [0.25, 0.3) is 10.1 Å². The van der Waals surface area contributed by atoms with Gasteiger partial charge in [0.05, 0.1) is 0 Å². The zero-order chi connectivity index (χ0) is 13.2. The minimum atomic E-state index is -0.307.